The molecule has 1 atom stereocenters. The van der Waals surface area contributed by atoms with Gasteiger partial charge in [0.25, 0.3) is 0 Å². The summed E-state index contributed by atoms with van der Waals surface area (Å²) in [6.07, 6.45) is 18.2. The van der Waals surface area contributed by atoms with E-state index in [1.165, 1.54) is 84.0 Å². The highest BCUT2D eigenvalue weighted by atomic mass is 16.6. The van der Waals surface area contributed by atoms with E-state index in [0.717, 1.165) is 19.3 Å². The standard InChI is InChI=1S/C21H40O4/c1-3-4-5-6-7-8-9-10-11-12-13-14-15-16-17-18-20(23)25-21(24)19(2)22/h19,22H,3-18H2,1-2H3/t19-/m1/s1. The number of rotatable bonds is 17. The van der Waals surface area contributed by atoms with Crippen LogP contribution >= 0.6 is 0 Å². The van der Waals surface area contributed by atoms with Crippen molar-refractivity contribution in [2.24, 2.45) is 0 Å². The lowest BCUT2D eigenvalue weighted by atomic mass is 10.0. The molecule has 0 fully saturated rings. The molecule has 0 rings (SSSR count). The number of esters is 2. The molecule has 0 heterocycles. The van der Waals surface area contributed by atoms with Gasteiger partial charge < -0.3 is 9.84 Å². The average molecular weight is 357 g/mol. The Morgan fingerprint density at radius 2 is 1.08 bits per heavy atom. The molecule has 4 heteroatoms. The van der Waals surface area contributed by atoms with Crippen molar-refractivity contribution < 1.29 is 19.4 Å². The Bertz CT molecular complexity index is 326. The molecular formula is C21H40O4. The van der Waals surface area contributed by atoms with E-state index in [2.05, 4.69) is 11.7 Å². The van der Waals surface area contributed by atoms with Gasteiger partial charge in [-0.3, -0.25) is 4.79 Å². The van der Waals surface area contributed by atoms with Crippen molar-refractivity contribution in [1.29, 1.82) is 0 Å². The van der Waals surface area contributed by atoms with Crippen LogP contribution in [0.25, 0.3) is 0 Å². The summed E-state index contributed by atoms with van der Waals surface area (Å²) in [7, 11) is 0. The van der Waals surface area contributed by atoms with Crippen LogP contribution in [0.15, 0.2) is 0 Å². The predicted octanol–water partition coefficient (Wildman–Crippen LogP) is 5.70. The zero-order chi connectivity index (χ0) is 18.8. The molecule has 0 saturated carbocycles. The second-order valence-electron chi connectivity index (χ2n) is 7.17. The molecule has 0 unspecified atom stereocenters. The van der Waals surface area contributed by atoms with Crippen molar-refractivity contribution in [2.45, 2.75) is 123 Å². The van der Waals surface area contributed by atoms with Crippen molar-refractivity contribution in [3.63, 3.8) is 0 Å². The zero-order valence-electron chi connectivity index (χ0n) is 16.6. The summed E-state index contributed by atoms with van der Waals surface area (Å²) < 4.78 is 4.50. The van der Waals surface area contributed by atoms with Gasteiger partial charge in [0.15, 0.2) is 0 Å². The number of unbranched alkanes of at least 4 members (excludes halogenated alkanes) is 14. The smallest absolute Gasteiger partial charge is 0.342 e. The number of aliphatic hydroxyl groups excluding tert-OH is 1. The monoisotopic (exact) mass is 356 g/mol. The van der Waals surface area contributed by atoms with E-state index < -0.39 is 18.0 Å². The van der Waals surface area contributed by atoms with E-state index in [4.69, 9.17) is 5.11 Å². The van der Waals surface area contributed by atoms with Crippen LogP contribution in [0.2, 0.25) is 0 Å². The van der Waals surface area contributed by atoms with E-state index in [-0.39, 0.29) is 6.42 Å². The Balaban J connectivity index is 3.19. The maximum atomic E-state index is 11.3. The van der Waals surface area contributed by atoms with Crippen LogP contribution in [0.3, 0.4) is 0 Å². The van der Waals surface area contributed by atoms with Crippen LogP contribution in [-0.4, -0.2) is 23.1 Å². The summed E-state index contributed by atoms with van der Waals surface area (Å²) in [5.41, 5.74) is 0. The van der Waals surface area contributed by atoms with Gasteiger partial charge in [0.05, 0.1) is 0 Å². The Morgan fingerprint density at radius 1 is 0.720 bits per heavy atom. The molecule has 148 valence electrons. The first-order valence-corrected chi connectivity index (χ1v) is 10.5. The van der Waals surface area contributed by atoms with E-state index >= 15 is 0 Å². The summed E-state index contributed by atoms with van der Waals surface area (Å²) in [5, 5.41) is 8.95. The van der Waals surface area contributed by atoms with Gasteiger partial charge in [0.2, 0.25) is 0 Å². The SMILES string of the molecule is CCCCCCCCCCCCCCCCCC(=O)OC(=O)[C@@H](C)O. The van der Waals surface area contributed by atoms with Crippen LogP contribution < -0.4 is 0 Å². The number of aliphatic hydroxyl groups is 1. The number of carbonyl (C=O) groups excluding carboxylic acids is 2. The Kier molecular flexibility index (Phi) is 17.3. The second kappa shape index (κ2) is 17.9. The van der Waals surface area contributed by atoms with Gasteiger partial charge in [-0.1, -0.05) is 96.8 Å². The summed E-state index contributed by atoms with van der Waals surface area (Å²) in [4.78, 5) is 22.4. The summed E-state index contributed by atoms with van der Waals surface area (Å²) in [6.45, 7) is 3.55. The zero-order valence-corrected chi connectivity index (χ0v) is 16.6. The highest BCUT2D eigenvalue weighted by Crippen LogP contribution is 2.13. The van der Waals surface area contributed by atoms with Gasteiger partial charge in [0.1, 0.15) is 6.10 Å². The molecule has 0 aliphatic rings. The van der Waals surface area contributed by atoms with Crippen LogP contribution in [0, 0.1) is 0 Å². The lowest BCUT2D eigenvalue weighted by Crippen LogP contribution is -2.22. The van der Waals surface area contributed by atoms with Crippen LogP contribution in [0.1, 0.15) is 117 Å². The third-order valence-electron chi connectivity index (χ3n) is 4.54. The van der Waals surface area contributed by atoms with Crippen molar-refractivity contribution in [3.8, 4) is 0 Å². The maximum Gasteiger partial charge on any atom is 0.342 e. The van der Waals surface area contributed by atoms with Gasteiger partial charge in [-0.15, -0.1) is 0 Å². The van der Waals surface area contributed by atoms with Crippen molar-refractivity contribution >= 4 is 11.9 Å². The molecule has 0 amide bonds. The quantitative estimate of drug-likeness (QED) is 0.206. The number of ether oxygens (including phenoxy) is 1. The highest BCUT2D eigenvalue weighted by molar-refractivity contribution is 5.87. The minimum Gasteiger partial charge on any atom is -0.391 e. The van der Waals surface area contributed by atoms with Crippen molar-refractivity contribution in [1.82, 2.24) is 0 Å². The summed E-state index contributed by atoms with van der Waals surface area (Å²) >= 11 is 0. The molecule has 0 aliphatic carbocycles. The molecule has 4 nitrogen and oxygen atoms in total. The number of carbonyl (C=O) groups is 2. The first-order chi connectivity index (χ1) is 12.1. The molecule has 25 heavy (non-hydrogen) atoms. The minimum absolute atomic E-state index is 0.261. The molecule has 0 aliphatic heterocycles. The first-order valence-electron chi connectivity index (χ1n) is 10.5. The van der Waals surface area contributed by atoms with Crippen molar-refractivity contribution in [3.05, 3.63) is 0 Å². The van der Waals surface area contributed by atoms with Gasteiger partial charge in [-0.25, -0.2) is 4.79 Å². The largest absolute Gasteiger partial charge is 0.391 e. The summed E-state index contributed by atoms with van der Waals surface area (Å²) in [6, 6.07) is 0. The van der Waals surface area contributed by atoms with Crippen molar-refractivity contribution in [2.75, 3.05) is 0 Å². The molecule has 1 N–H and O–H groups in total. The Labute approximate surface area is 154 Å². The number of hydrogen-bond acceptors (Lipinski definition) is 4. The number of hydrogen-bond donors (Lipinski definition) is 1. The maximum absolute atomic E-state index is 11.3. The average Bonchev–Trinajstić information content (AvgIpc) is 2.58. The van der Waals surface area contributed by atoms with Crippen LogP contribution in [0.5, 0.6) is 0 Å². The lowest BCUT2D eigenvalue weighted by Gasteiger charge is -2.05. The predicted molar refractivity (Wildman–Crippen MR) is 102 cm³/mol. The van der Waals surface area contributed by atoms with E-state index in [1.807, 2.05) is 0 Å². The molecule has 0 aromatic rings. The third-order valence-corrected chi connectivity index (χ3v) is 4.54. The van der Waals surface area contributed by atoms with E-state index in [9.17, 15) is 9.59 Å². The van der Waals surface area contributed by atoms with Gasteiger partial charge in [0, 0.05) is 6.42 Å². The van der Waals surface area contributed by atoms with E-state index in [1.54, 1.807) is 0 Å². The highest BCUT2D eigenvalue weighted by Gasteiger charge is 2.14. The molecule has 0 radical (unpaired) electrons. The topological polar surface area (TPSA) is 63.6 Å². The van der Waals surface area contributed by atoms with Gasteiger partial charge in [-0.05, 0) is 13.3 Å². The molecule has 0 saturated heterocycles. The molecule has 0 aromatic heterocycles. The first kappa shape index (κ1) is 24.1. The fraction of sp³-hybridized carbons (Fsp3) is 0.905. The van der Waals surface area contributed by atoms with Gasteiger partial charge >= 0.3 is 11.9 Å². The molecule has 0 bridgehead atoms. The van der Waals surface area contributed by atoms with Crippen LogP contribution in [0.4, 0.5) is 0 Å². The van der Waals surface area contributed by atoms with Crippen LogP contribution in [-0.2, 0) is 14.3 Å². The normalized spacial score (nSPS) is 12.1. The molecular weight excluding hydrogens is 316 g/mol. The Morgan fingerprint density at radius 3 is 1.44 bits per heavy atom. The summed E-state index contributed by atoms with van der Waals surface area (Å²) in [5.74, 6) is -1.38. The fourth-order valence-electron chi connectivity index (χ4n) is 2.89. The second-order valence-corrected chi connectivity index (χ2v) is 7.17. The van der Waals surface area contributed by atoms with Gasteiger partial charge in [-0.2, -0.15) is 0 Å². The molecule has 0 spiro atoms. The lowest BCUT2D eigenvalue weighted by molar-refractivity contribution is -0.165. The minimum atomic E-state index is -1.23. The van der Waals surface area contributed by atoms with E-state index in [0.29, 0.717) is 0 Å². The Hall–Kier alpha value is -0.900. The third kappa shape index (κ3) is 17.7. The molecule has 0 aromatic carbocycles. The fourth-order valence-corrected chi connectivity index (χ4v) is 2.89.